The molecule has 2 aliphatic rings. The van der Waals surface area contributed by atoms with E-state index in [1.54, 1.807) is 24.1 Å². The number of hydrogen-bond donors (Lipinski definition) is 0. The lowest BCUT2D eigenvalue weighted by molar-refractivity contribution is -0.256. The Labute approximate surface area is 198 Å². The fraction of sp³-hybridized carbons (Fsp3) is 0.458. The number of ether oxygens (including phenoxy) is 4. The number of carbonyl (C=O) groups is 1. The first-order valence-corrected chi connectivity index (χ1v) is 11.5. The molecular weight excluding hydrogens is 453 g/mol. The fourth-order valence-electron chi connectivity index (χ4n) is 3.94. The van der Waals surface area contributed by atoms with Crippen molar-refractivity contribution in [3.05, 3.63) is 51.5 Å². The minimum atomic E-state index is -1.48. The summed E-state index contributed by atoms with van der Waals surface area (Å²) in [5.41, 5.74) is 1.95. The molecule has 0 unspecified atom stereocenters. The van der Waals surface area contributed by atoms with Crippen LogP contribution in [0.2, 0.25) is 10.0 Å². The van der Waals surface area contributed by atoms with Crippen molar-refractivity contribution >= 4 is 34.8 Å². The number of nitrogens with zero attached hydrogens (tertiary/aromatic N) is 1. The van der Waals surface area contributed by atoms with Crippen molar-refractivity contribution < 1.29 is 23.7 Å². The van der Waals surface area contributed by atoms with E-state index in [-0.39, 0.29) is 12.5 Å². The maximum Gasteiger partial charge on any atom is 0.292 e. The zero-order valence-corrected chi connectivity index (χ0v) is 20.0. The van der Waals surface area contributed by atoms with Crippen molar-refractivity contribution in [1.29, 1.82) is 0 Å². The van der Waals surface area contributed by atoms with E-state index in [9.17, 15) is 4.79 Å². The van der Waals surface area contributed by atoms with Gasteiger partial charge < -0.3 is 23.8 Å². The molecule has 1 spiro atoms. The third-order valence-corrected chi connectivity index (χ3v) is 6.44. The molecule has 0 aromatic heterocycles. The van der Waals surface area contributed by atoms with Crippen molar-refractivity contribution in [2.45, 2.75) is 39.0 Å². The average molecular weight is 480 g/mol. The summed E-state index contributed by atoms with van der Waals surface area (Å²) >= 11 is 12.8. The number of hydrogen-bond acceptors (Lipinski definition) is 5. The van der Waals surface area contributed by atoms with E-state index in [4.69, 9.17) is 42.1 Å². The van der Waals surface area contributed by atoms with E-state index in [0.29, 0.717) is 58.5 Å². The molecule has 0 radical (unpaired) electrons. The van der Waals surface area contributed by atoms with E-state index in [0.717, 1.165) is 18.4 Å². The Morgan fingerprint density at radius 2 is 1.88 bits per heavy atom. The van der Waals surface area contributed by atoms with E-state index >= 15 is 0 Å². The molecule has 1 amide bonds. The molecule has 2 aromatic rings. The normalized spacial score (nSPS) is 17.2. The zero-order chi connectivity index (χ0) is 22.9. The molecule has 0 aliphatic carbocycles. The lowest BCUT2D eigenvalue weighted by atomic mass is 10.1. The molecule has 0 N–H and O–H groups in total. The molecule has 172 valence electrons. The standard InChI is InChI=1S/C24H27Cl2NO5/c1-15(2)9-12-30-19-8-5-16(13-20(19)29-3)14-27-22-17(6-7-18(25)21(22)26)24(23(27)28)31-10-4-11-32-24/h5-8,13,15H,4,9-12,14H2,1-3H3. The van der Waals surface area contributed by atoms with Crippen LogP contribution < -0.4 is 14.4 Å². The molecule has 32 heavy (non-hydrogen) atoms. The molecule has 2 aliphatic heterocycles. The fourth-order valence-corrected chi connectivity index (χ4v) is 4.36. The van der Waals surface area contributed by atoms with Crippen molar-refractivity contribution in [3.8, 4) is 11.5 Å². The number of methoxy groups -OCH3 is 1. The Hall–Kier alpha value is -1.99. The van der Waals surface area contributed by atoms with Crippen molar-refractivity contribution in [2.24, 2.45) is 5.92 Å². The highest BCUT2D eigenvalue weighted by Gasteiger charge is 2.55. The first-order chi connectivity index (χ1) is 15.4. The predicted octanol–water partition coefficient (Wildman–Crippen LogP) is 5.56. The molecule has 1 fully saturated rings. The summed E-state index contributed by atoms with van der Waals surface area (Å²) in [5, 5.41) is 0.662. The van der Waals surface area contributed by atoms with E-state index in [2.05, 4.69) is 13.8 Å². The summed E-state index contributed by atoms with van der Waals surface area (Å²) in [6, 6.07) is 9.04. The van der Waals surface area contributed by atoms with E-state index < -0.39 is 5.79 Å². The molecule has 6 nitrogen and oxygen atoms in total. The highest BCUT2D eigenvalue weighted by Crippen LogP contribution is 2.50. The molecule has 0 bridgehead atoms. The Balaban J connectivity index is 1.64. The van der Waals surface area contributed by atoms with E-state index in [1.165, 1.54) is 0 Å². The maximum absolute atomic E-state index is 13.6. The van der Waals surface area contributed by atoms with Gasteiger partial charge in [-0.05, 0) is 48.6 Å². The highest BCUT2D eigenvalue weighted by molar-refractivity contribution is 6.44. The lowest BCUT2D eigenvalue weighted by Crippen LogP contribution is -2.47. The monoisotopic (exact) mass is 479 g/mol. The van der Waals surface area contributed by atoms with Crippen LogP contribution in [0.3, 0.4) is 0 Å². The van der Waals surface area contributed by atoms with Crippen LogP contribution in [-0.2, 0) is 26.6 Å². The van der Waals surface area contributed by atoms with Gasteiger partial charge in [-0.15, -0.1) is 0 Å². The number of rotatable bonds is 7. The Morgan fingerprint density at radius 3 is 2.56 bits per heavy atom. The SMILES string of the molecule is COc1cc(CN2C(=O)C3(OCCCO3)c3ccc(Cl)c(Cl)c32)ccc1OCCC(C)C. The number of benzene rings is 2. The highest BCUT2D eigenvalue weighted by atomic mass is 35.5. The summed E-state index contributed by atoms with van der Waals surface area (Å²) < 4.78 is 23.2. The molecule has 8 heteroatoms. The van der Waals surface area contributed by atoms with Gasteiger partial charge >= 0.3 is 0 Å². The average Bonchev–Trinajstić information content (AvgIpc) is 3.00. The van der Waals surface area contributed by atoms with Crippen LogP contribution in [0.5, 0.6) is 11.5 Å². The van der Waals surface area contributed by atoms with Crippen LogP contribution in [0.1, 0.15) is 37.8 Å². The van der Waals surface area contributed by atoms with Gasteiger partial charge in [0.25, 0.3) is 11.7 Å². The van der Waals surface area contributed by atoms with Crippen LogP contribution in [-0.4, -0.2) is 32.8 Å². The number of anilines is 1. The minimum absolute atomic E-state index is 0.253. The molecule has 0 saturated carbocycles. The number of halogens is 2. The van der Waals surface area contributed by atoms with Gasteiger partial charge in [0.2, 0.25) is 0 Å². The van der Waals surface area contributed by atoms with Crippen LogP contribution in [0.4, 0.5) is 5.69 Å². The quantitative estimate of drug-likeness (QED) is 0.519. The summed E-state index contributed by atoms with van der Waals surface area (Å²) in [4.78, 5) is 15.1. The molecule has 2 heterocycles. The van der Waals surface area contributed by atoms with Gasteiger partial charge in [-0.2, -0.15) is 0 Å². The maximum atomic E-state index is 13.6. The Bertz CT molecular complexity index is 1000. The minimum Gasteiger partial charge on any atom is -0.493 e. The van der Waals surface area contributed by atoms with Gasteiger partial charge in [0, 0.05) is 5.56 Å². The van der Waals surface area contributed by atoms with Crippen LogP contribution in [0.15, 0.2) is 30.3 Å². The summed E-state index contributed by atoms with van der Waals surface area (Å²) in [6.45, 7) is 6.02. The first kappa shape index (κ1) is 23.2. The predicted molar refractivity (Wildman–Crippen MR) is 124 cm³/mol. The van der Waals surface area contributed by atoms with Gasteiger partial charge in [-0.25, -0.2) is 0 Å². The smallest absolute Gasteiger partial charge is 0.292 e. The number of amides is 1. The third kappa shape index (κ3) is 4.17. The number of fused-ring (bicyclic) bond motifs is 2. The topological polar surface area (TPSA) is 57.2 Å². The largest absolute Gasteiger partial charge is 0.493 e. The van der Waals surface area contributed by atoms with Crippen molar-refractivity contribution in [2.75, 3.05) is 31.8 Å². The second-order valence-electron chi connectivity index (χ2n) is 8.33. The second-order valence-corrected chi connectivity index (χ2v) is 9.12. The van der Waals surface area contributed by atoms with Gasteiger partial charge in [0.05, 0.1) is 49.2 Å². The van der Waals surface area contributed by atoms with E-state index in [1.807, 2.05) is 18.2 Å². The first-order valence-electron chi connectivity index (χ1n) is 10.8. The van der Waals surface area contributed by atoms with Crippen LogP contribution >= 0.6 is 23.2 Å². The van der Waals surface area contributed by atoms with Crippen LogP contribution in [0.25, 0.3) is 0 Å². The molecule has 4 rings (SSSR count). The van der Waals surface area contributed by atoms with Gasteiger partial charge in [-0.1, -0.05) is 43.1 Å². The van der Waals surface area contributed by atoms with Crippen LogP contribution in [0, 0.1) is 5.92 Å². The van der Waals surface area contributed by atoms with Gasteiger partial charge in [0.15, 0.2) is 11.5 Å². The molecule has 1 saturated heterocycles. The third-order valence-electron chi connectivity index (χ3n) is 5.64. The molecular formula is C24H27Cl2NO5. The Morgan fingerprint density at radius 1 is 1.12 bits per heavy atom. The number of carbonyl (C=O) groups excluding carboxylic acids is 1. The second kappa shape index (κ2) is 9.48. The summed E-state index contributed by atoms with van der Waals surface area (Å²) in [7, 11) is 1.60. The lowest BCUT2D eigenvalue weighted by Gasteiger charge is -2.32. The Kier molecular flexibility index (Phi) is 6.86. The van der Waals surface area contributed by atoms with Gasteiger partial charge in [0.1, 0.15) is 0 Å². The van der Waals surface area contributed by atoms with Crippen molar-refractivity contribution in [3.63, 3.8) is 0 Å². The van der Waals surface area contributed by atoms with Gasteiger partial charge in [-0.3, -0.25) is 4.79 Å². The summed E-state index contributed by atoms with van der Waals surface area (Å²) in [5.74, 6) is 0.0326. The van der Waals surface area contributed by atoms with Crippen molar-refractivity contribution in [1.82, 2.24) is 0 Å². The summed E-state index contributed by atoms with van der Waals surface area (Å²) in [6.07, 6.45) is 1.67. The molecule has 0 atom stereocenters. The zero-order valence-electron chi connectivity index (χ0n) is 18.5. The molecule has 2 aromatic carbocycles.